The maximum Gasteiger partial charge on any atom is 0.257 e. The highest BCUT2D eigenvalue weighted by atomic mass is 79.9. The summed E-state index contributed by atoms with van der Waals surface area (Å²) in [5.41, 5.74) is 2.47. The van der Waals surface area contributed by atoms with Crippen molar-refractivity contribution >= 4 is 27.5 Å². The zero-order valence-electron chi connectivity index (χ0n) is 16.6. The summed E-state index contributed by atoms with van der Waals surface area (Å²) in [5.74, 6) is 0.575. The summed E-state index contributed by atoms with van der Waals surface area (Å²) in [5, 5.41) is 2.91. The molecule has 0 bridgehead atoms. The lowest BCUT2D eigenvalue weighted by Crippen LogP contribution is -2.31. The molecule has 5 heteroatoms. The Morgan fingerprint density at radius 2 is 1.85 bits per heavy atom. The smallest absolute Gasteiger partial charge is 0.257 e. The topological polar surface area (TPSA) is 41.6 Å². The molecular formula is C22H29BrN2O2. The highest BCUT2D eigenvalue weighted by Gasteiger charge is 2.15. The van der Waals surface area contributed by atoms with E-state index in [0.29, 0.717) is 12.3 Å². The number of carbonyl (C=O) groups is 1. The van der Waals surface area contributed by atoms with E-state index in [0.717, 1.165) is 17.4 Å². The fourth-order valence-corrected chi connectivity index (χ4v) is 3.13. The lowest BCUT2D eigenvalue weighted by molar-refractivity contribution is -0.123. The number of halogens is 1. The van der Waals surface area contributed by atoms with E-state index in [4.69, 9.17) is 4.74 Å². The molecule has 0 fully saturated rings. The Balaban J connectivity index is 1.70. The number of ether oxygens (including phenoxy) is 1. The molecule has 2 aromatic carbocycles. The zero-order chi connectivity index (χ0) is 19.9. The Morgan fingerprint density at radius 1 is 1.15 bits per heavy atom. The third kappa shape index (κ3) is 6.90. The molecule has 0 spiro atoms. The highest BCUT2D eigenvalue weighted by Crippen LogP contribution is 2.31. The summed E-state index contributed by atoms with van der Waals surface area (Å²) >= 11 is 3.53. The Kier molecular flexibility index (Phi) is 7.72. The second-order valence-electron chi connectivity index (χ2n) is 7.64. The molecule has 0 aliphatic carbocycles. The average Bonchev–Trinajstić information content (AvgIpc) is 2.64. The van der Waals surface area contributed by atoms with Gasteiger partial charge in [0.05, 0.1) is 4.47 Å². The van der Waals surface area contributed by atoms with Crippen LogP contribution in [0.2, 0.25) is 0 Å². The van der Waals surface area contributed by atoms with Crippen LogP contribution in [0.25, 0.3) is 0 Å². The zero-order valence-corrected chi connectivity index (χ0v) is 18.2. The van der Waals surface area contributed by atoms with Crippen LogP contribution in [0.15, 0.2) is 53.0 Å². The number of nitrogens with zero attached hydrogens (tertiary/aromatic N) is 1. The minimum atomic E-state index is -0.107. The summed E-state index contributed by atoms with van der Waals surface area (Å²) in [6, 6.07) is 16.2. The van der Waals surface area contributed by atoms with Crippen LogP contribution in [0.4, 0.5) is 5.69 Å². The van der Waals surface area contributed by atoms with Gasteiger partial charge < -0.3 is 15.0 Å². The molecule has 146 valence electrons. The molecular weight excluding hydrogens is 404 g/mol. The van der Waals surface area contributed by atoms with Crippen LogP contribution in [0.5, 0.6) is 5.75 Å². The predicted molar refractivity (Wildman–Crippen MR) is 116 cm³/mol. The van der Waals surface area contributed by atoms with E-state index in [9.17, 15) is 4.79 Å². The normalized spacial score (nSPS) is 11.1. The van der Waals surface area contributed by atoms with Crippen LogP contribution >= 0.6 is 15.9 Å². The second kappa shape index (κ2) is 9.79. The summed E-state index contributed by atoms with van der Waals surface area (Å²) in [6.45, 7) is 8.02. The number of benzene rings is 2. The monoisotopic (exact) mass is 432 g/mol. The quantitative estimate of drug-likeness (QED) is 0.610. The minimum absolute atomic E-state index is 0.0159. The fraction of sp³-hybridized carbons (Fsp3) is 0.409. The molecule has 0 saturated heterocycles. The van der Waals surface area contributed by atoms with Crippen molar-refractivity contribution in [3.05, 3.63) is 58.6 Å². The summed E-state index contributed by atoms with van der Waals surface area (Å²) in [4.78, 5) is 14.2. The van der Waals surface area contributed by atoms with Gasteiger partial charge in [0, 0.05) is 25.8 Å². The average molecular weight is 433 g/mol. The number of amides is 1. The first-order valence-corrected chi connectivity index (χ1v) is 10.0. The lowest BCUT2D eigenvalue weighted by atomic mass is 9.87. The molecule has 4 nitrogen and oxygen atoms in total. The van der Waals surface area contributed by atoms with Crippen LogP contribution in [0.1, 0.15) is 32.8 Å². The first-order chi connectivity index (χ1) is 12.8. The van der Waals surface area contributed by atoms with Gasteiger partial charge in [-0.3, -0.25) is 4.79 Å². The van der Waals surface area contributed by atoms with E-state index < -0.39 is 0 Å². The maximum absolute atomic E-state index is 12.0. The van der Waals surface area contributed by atoms with Crippen molar-refractivity contribution in [2.24, 2.45) is 0 Å². The molecule has 0 unspecified atom stereocenters. The van der Waals surface area contributed by atoms with Gasteiger partial charge in [-0.25, -0.2) is 0 Å². The Morgan fingerprint density at radius 3 is 2.48 bits per heavy atom. The van der Waals surface area contributed by atoms with Gasteiger partial charge in [-0.05, 0) is 57.6 Å². The van der Waals surface area contributed by atoms with Gasteiger partial charge in [-0.2, -0.15) is 0 Å². The number of hydrogen-bond acceptors (Lipinski definition) is 3. The van der Waals surface area contributed by atoms with E-state index >= 15 is 0 Å². The molecule has 1 N–H and O–H groups in total. The van der Waals surface area contributed by atoms with Gasteiger partial charge in [0.2, 0.25) is 0 Å². The highest BCUT2D eigenvalue weighted by molar-refractivity contribution is 9.10. The first-order valence-electron chi connectivity index (χ1n) is 9.23. The van der Waals surface area contributed by atoms with Crippen LogP contribution < -0.4 is 15.0 Å². The second-order valence-corrected chi connectivity index (χ2v) is 8.50. The van der Waals surface area contributed by atoms with E-state index in [1.807, 2.05) is 36.4 Å². The van der Waals surface area contributed by atoms with Gasteiger partial charge in [0.15, 0.2) is 6.61 Å². The van der Waals surface area contributed by atoms with Crippen LogP contribution in [-0.4, -0.2) is 32.7 Å². The lowest BCUT2D eigenvalue weighted by Gasteiger charge is -2.20. The maximum atomic E-state index is 12.0. The van der Waals surface area contributed by atoms with Crippen LogP contribution in [-0.2, 0) is 10.2 Å². The van der Waals surface area contributed by atoms with Crippen molar-refractivity contribution in [1.82, 2.24) is 5.32 Å². The third-order valence-electron chi connectivity index (χ3n) is 4.35. The van der Waals surface area contributed by atoms with Crippen molar-refractivity contribution in [2.75, 3.05) is 31.6 Å². The van der Waals surface area contributed by atoms with E-state index in [1.54, 1.807) is 0 Å². The van der Waals surface area contributed by atoms with Crippen molar-refractivity contribution in [2.45, 2.75) is 32.6 Å². The molecule has 0 atom stereocenters. The molecule has 0 saturated carbocycles. The molecule has 27 heavy (non-hydrogen) atoms. The van der Waals surface area contributed by atoms with E-state index in [2.05, 4.69) is 66.1 Å². The third-order valence-corrected chi connectivity index (χ3v) is 4.97. The van der Waals surface area contributed by atoms with Gasteiger partial charge in [0.25, 0.3) is 5.91 Å². The number of nitrogens with one attached hydrogen (secondary N) is 1. The number of rotatable bonds is 8. The standard InChI is InChI=1S/C22H29BrN2O2/c1-22(2,3)17-11-12-20(19(23)15-17)27-16-21(26)24-13-8-14-25(4)18-9-6-5-7-10-18/h5-7,9-12,15H,8,13-14,16H2,1-4H3,(H,24,26). The van der Waals surface area contributed by atoms with Crippen molar-refractivity contribution < 1.29 is 9.53 Å². The molecule has 0 radical (unpaired) electrons. The van der Waals surface area contributed by atoms with Gasteiger partial charge in [-0.15, -0.1) is 0 Å². The Bertz CT molecular complexity index is 742. The molecule has 0 heterocycles. The first kappa shape index (κ1) is 21.3. The van der Waals surface area contributed by atoms with Gasteiger partial charge in [-0.1, -0.05) is 45.0 Å². The van der Waals surface area contributed by atoms with Crippen molar-refractivity contribution in [1.29, 1.82) is 0 Å². The van der Waals surface area contributed by atoms with E-state index in [-0.39, 0.29) is 17.9 Å². The molecule has 0 aliphatic heterocycles. The Hall–Kier alpha value is -2.01. The van der Waals surface area contributed by atoms with Gasteiger partial charge in [0.1, 0.15) is 5.75 Å². The largest absolute Gasteiger partial charge is 0.483 e. The molecule has 1 amide bonds. The number of carbonyl (C=O) groups excluding carboxylic acids is 1. The summed E-state index contributed by atoms with van der Waals surface area (Å²) < 4.78 is 6.51. The summed E-state index contributed by atoms with van der Waals surface area (Å²) in [7, 11) is 2.05. The predicted octanol–water partition coefficient (Wildman–Crippen LogP) is 4.77. The molecule has 2 rings (SSSR count). The van der Waals surface area contributed by atoms with Crippen molar-refractivity contribution in [3.8, 4) is 5.75 Å². The molecule has 0 aromatic heterocycles. The van der Waals surface area contributed by atoms with Gasteiger partial charge >= 0.3 is 0 Å². The van der Waals surface area contributed by atoms with E-state index in [1.165, 1.54) is 11.3 Å². The Labute approximate surface area is 171 Å². The SMILES string of the molecule is CN(CCCNC(=O)COc1ccc(C(C)(C)C)cc1Br)c1ccccc1. The fourth-order valence-electron chi connectivity index (χ4n) is 2.63. The number of anilines is 1. The number of hydrogen-bond donors (Lipinski definition) is 1. The van der Waals surface area contributed by atoms with Crippen molar-refractivity contribution in [3.63, 3.8) is 0 Å². The van der Waals surface area contributed by atoms with Crippen LogP contribution in [0, 0.1) is 0 Å². The molecule has 2 aromatic rings. The summed E-state index contributed by atoms with van der Waals surface area (Å²) in [6.07, 6.45) is 0.876. The molecule has 0 aliphatic rings. The number of para-hydroxylation sites is 1. The van der Waals surface area contributed by atoms with Crippen LogP contribution in [0.3, 0.4) is 0 Å². The minimum Gasteiger partial charge on any atom is -0.483 e.